The Kier molecular flexibility index (Phi) is 2.63. The van der Waals surface area contributed by atoms with E-state index in [0.717, 1.165) is 11.5 Å². The van der Waals surface area contributed by atoms with E-state index in [0.29, 0.717) is 6.42 Å². The lowest BCUT2D eigenvalue weighted by molar-refractivity contribution is 0.314. The first kappa shape index (κ1) is 11.0. The van der Waals surface area contributed by atoms with E-state index in [1.165, 1.54) is 0 Å². The third kappa shape index (κ3) is 2.04. The second kappa shape index (κ2) is 3.83. The van der Waals surface area contributed by atoms with Crippen LogP contribution < -0.4 is 5.73 Å². The molecule has 5 nitrogen and oxygen atoms in total. The number of fused-ring (bicyclic) bond motifs is 1. The van der Waals surface area contributed by atoms with Crippen LogP contribution in [0.1, 0.15) is 26.6 Å². The van der Waals surface area contributed by atoms with Gasteiger partial charge in [-0.3, -0.25) is 0 Å². The Morgan fingerprint density at radius 1 is 1.38 bits per heavy atom. The normalized spacial score (nSPS) is 14.2. The molecule has 0 amide bonds. The lowest BCUT2D eigenvalue weighted by atomic mass is 9.85. The fraction of sp³-hybridized carbons (Fsp3) is 0.545. The number of rotatable bonds is 2. The molecule has 0 fully saturated rings. The molecule has 5 heteroatoms. The number of nitrogens with two attached hydrogens (primary N) is 1. The number of aromatic nitrogens is 4. The van der Waals surface area contributed by atoms with Crippen molar-refractivity contribution in [2.24, 2.45) is 11.1 Å². The largest absolute Gasteiger partial charge is 0.327 e. The summed E-state index contributed by atoms with van der Waals surface area (Å²) in [5.74, 6) is 0.818. The lowest BCUT2D eigenvalue weighted by Gasteiger charge is -2.26. The van der Waals surface area contributed by atoms with Crippen molar-refractivity contribution in [2.75, 3.05) is 0 Å². The van der Waals surface area contributed by atoms with Gasteiger partial charge in [0.2, 0.25) is 0 Å². The van der Waals surface area contributed by atoms with Crippen molar-refractivity contribution in [3.05, 3.63) is 24.2 Å². The summed E-state index contributed by atoms with van der Waals surface area (Å²) in [7, 11) is 0. The molecule has 2 aromatic heterocycles. The molecule has 0 bridgehead atoms. The van der Waals surface area contributed by atoms with E-state index in [9.17, 15) is 0 Å². The van der Waals surface area contributed by atoms with Gasteiger partial charge in [0.15, 0.2) is 11.5 Å². The first-order valence-corrected chi connectivity index (χ1v) is 5.39. The fourth-order valence-corrected chi connectivity index (χ4v) is 1.42. The minimum absolute atomic E-state index is 0.0434. The summed E-state index contributed by atoms with van der Waals surface area (Å²) < 4.78 is 1.74. The maximum Gasteiger partial charge on any atom is 0.177 e. The predicted molar refractivity (Wildman–Crippen MR) is 61.9 cm³/mol. The van der Waals surface area contributed by atoms with E-state index in [1.54, 1.807) is 10.7 Å². The van der Waals surface area contributed by atoms with Gasteiger partial charge in [-0.05, 0) is 17.5 Å². The highest BCUT2D eigenvalue weighted by atomic mass is 15.4. The molecular formula is C11H17N5. The molecule has 0 aliphatic carbocycles. The summed E-state index contributed by atoms with van der Waals surface area (Å²) in [6, 6.07) is 3.77. The Bertz CT molecular complexity index is 482. The Morgan fingerprint density at radius 2 is 2.12 bits per heavy atom. The number of hydrogen-bond acceptors (Lipinski definition) is 4. The summed E-state index contributed by atoms with van der Waals surface area (Å²) in [6.07, 6.45) is 2.41. The highest BCUT2D eigenvalue weighted by Crippen LogP contribution is 2.19. The zero-order valence-electron chi connectivity index (χ0n) is 9.88. The molecule has 1 atom stereocenters. The van der Waals surface area contributed by atoms with Gasteiger partial charge >= 0.3 is 0 Å². The topological polar surface area (TPSA) is 69.1 Å². The van der Waals surface area contributed by atoms with Crippen molar-refractivity contribution < 1.29 is 0 Å². The van der Waals surface area contributed by atoms with Crippen LogP contribution in [0.5, 0.6) is 0 Å². The highest BCUT2D eigenvalue weighted by molar-refractivity contribution is 5.34. The van der Waals surface area contributed by atoms with Crippen molar-refractivity contribution in [1.82, 2.24) is 19.8 Å². The van der Waals surface area contributed by atoms with Gasteiger partial charge in [-0.25, -0.2) is 0 Å². The van der Waals surface area contributed by atoms with Gasteiger partial charge < -0.3 is 5.73 Å². The minimum Gasteiger partial charge on any atom is -0.327 e. The van der Waals surface area contributed by atoms with Crippen LogP contribution in [0.4, 0.5) is 0 Å². The van der Waals surface area contributed by atoms with Crippen LogP contribution in [0.25, 0.3) is 5.65 Å². The summed E-state index contributed by atoms with van der Waals surface area (Å²) in [6.45, 7) is 6.36. The molecular weight excluding hydrogens is 202 g/mol. The van der Waals surface area contributed by atoms with Crippen molar-refractivity contribution in [1.29, 1.82) is 0 Å². The molecule has 0 radical (unpaired) electrons. The van der Waals surface area contributed by atoms with Gasteiger partial charge in [0.25, 0.3) is 0 Å². The number of nitrogens with zero attached hydrogens (tertiary/aromatic N) is 4. The average Bonchev–Trinajstić information content (AvgIpc) is 2.61. The standard InChI is InChI=1S/C11H17N5/c1-11(2,3)8(12)7-10-15-14-9-5-4-6-13-16(9)10/h4-6,8H,7,12H2,1-3H3. The van der Waals surface area contributed by atoms with Gasteiger partial charge in [-0.15, -0.1) is 10.2 Å². The van der Waals surface area contributed by atoms with Gasteiger partial charge in [-0.2, -0.15) is 9.61 Å². The molecule has 0 aliphatic rings. The summed E-state index contributed by atoms with van der Waals surface area (Å²) in [5.41, 5.74) is 6.94. The molecule has 0 aromatic carbocycles. The summed E-state index contributed by atoms with van der Waals surface area (Å²) in [4.78, 5) is 0. The molecule has 0 saturated carbocycles. The van der Waals surface area contributed by atoms with E-state index >= 15 is 0 Å². The molecule has 2 heterocycles. The van der Waals surface area contributed by atoms with Gasteiger partial charge in [0.05, 0.1) is 0 Å². The van der Waals surface area contributed by atoms with Crippen LogP contribution in [-0.4, -0.2) is 25.9 Å². The van der Waals surface area contributed by atoms with Crippen LogP contribution in [0.3, 0.4) is 0 Å². The van der Waals surface area contributed by atoms with Crippen molar-refractivity contribution in [2.45, 2.75) is 33.2 Å². The zero-order chi connectivity index (χ0) is 11.8. The zero-order valence-corrected chi connectivity index (χ0v) is 9.88. The molecule has 2 rings (SSSR count). The molecule has 86 valence electrons. The second-order valence-electron chi connectivity index (χ2n) is 5.09. The highest BCUT2D eigenvalue weighted by Gasteiger charge is 2.23. The Hall–Kier alpha value is -1.49. The SMILES string of the molecule is CC(C)(C)C(N)Cc1nnc2cccnn12. The lowest BCUT2D eigenvalue weighted by Crippen LogP contribution is -2.37. The summed E-state index contributed by atoms with van der Waals surface area (Å²) in [5, 5.41) is 12.4. The molecule has 2 aromatic rings. The Balaban J connectivity index is 2.28. The third-order valence-electron chi connectivity index (χ3n) is 2.76. The maximum atomic E-state index is 6.12. The fourth-order valence-electron chi connectivity index (χ4n) is 1.42. The monoisotopic (exact) mass is 219 g/mol. The van der Waals surface area contributed by atoms with E-state index in [1.807, 2.05) is 12.1 Å². The Morgan fingerprint density at radius 3 is 2.81 bits per heavy atom. The smallest absolute Gasteiger partial charge is 0.177 e. The van der Waals surface area contributed by atoms with Crippen molar-refractivity contribution in [3.8, 4) is 0 Å². The molecule has 0 aliphatic heterocycles. The van der Waals surface area contributed by atoms with E-state index in [2.05, 4.69) is 36.1 Å². The van der Waals surface area contributed by atoms with Gasteiger partial charge in [0.1, 0.15) is 0 Å². The molecule has 16 heavy (non-hydrogen) atoms. The van der Waals surface area contributed by atoms with Crippen LogP contribution in [-0.2, 0) is 6.42 Å². The maximum absolute atomic E-state index is 6.12. The molecule has 1 unspecified atom stereocenters. The van der Waals surface area contributed by atoms with Gasteiger partial charge in [-0.1, -0.05) is 20.8 Å². The summed E-state index contributed by atoms with van der Waals surface area (Å²) >= 11 is 0. The van der Waals surface area contributed by atoms with Crippen LogP contribution in [0.2, 0.25) is 0 Å². The second-order valence-corrected chi connectivity index (χ2v) is 5.09. The third-order valence-corrected chi connectivity index (χ3v) is 2.76. The first-order valence-electron chi connectivity index (χ1n) is 5.39. The van der Waals surface area contributed by atoms with Crippen molar-refractivity contribution >= 4 is 5.65 Å². The first-order chi connectivity index (χ1) is 7.48. The minimum atomic E-state index is 0.0434. The van der Waals surface area contributed by atoms with Crippen LogP contribution in [0.15, 0.2) is 18.3 Å². The molecule has 0 saturated heterocycles. The molecule has 2 N–H and O–H groups in total. The number of hydrogen-bond donors (Lipinski definition) is 1. The average molecular weight is 219 g/mol. The molecule has 0 spiro atoms. The van der Waals surface area contributed by atoms with Crippen molar-refractivity contribution in [3.63, 3.8) is 0 Å². The van der Waals surface area contributed by atoms with E-state index in [-0.39, 0.29) is 11.5 Å². The van der Waals surface area contributed by atoms with Crippen LogP contribution >= 0.6 is 0 Å². The Labute approximate surface area is 94.7 Å². The van der Waals surface area contributed by atoms with E-state index in [4.69, 9.17) is 5.73 Å². The van der Waals surface area contributed by atoms with Gasteiger partial charge in [0, 0.05) is 18.7 Å². The quantitative estimate of drug-likeness (QED) is 0.819. The predicted octanol–water partition coefficient (Wildman–Crippen LogP) is 1.04. The van der Waals surface area contributed by atoms with Crippen LogP contribution in [0, 0.1) is 5.41 Å². The van der Waals surface area contributed by atoms with E-state index < -0.39 is 0 Å².